The molecule has 1 amide bonds. The van der Waals surface area contributed by atoms with Crippen LogP contribution in [0.5, 0.6) is 11.5 Å². The predicted octanol–water partition coefficient (Wildman–Crippen LogP) is 6.50. The highest BCUT2D eigenvalue weighted by Gasteiger charge is 2.25. The van der Waals surface area contributed by atoms with Crippen molar-refractivity contribution in [1.29, 1.82) is 0 Å². The number of amides is 1. The maximum atomic E-state index is 11.8. The molecule has 0 aliphatic rings. The number of nitrogens with zero attached hydrogens (tertiary/aromatic N) is 3. The Kier molecular flexibility index (Phi) is 11.8. The molecule has 0 bridgehead atoms. The Morgan fingerprint density at radius 1 is 1.02 bits per heavy atom. The molecule has 0 saturated carbocycles. The molecule has 6 N–H and O–H groups in total. The first-order valence-corrected chi connectivity index (χ1v) is 18.1. The summed E-state index contributed by atoms with van der Waals surface area (Å²) in [6, 6.07) is 10.2. The molecule has 0 spiro atoms. The molecule has 12 nitrogen and oxygen atoms in total. The van der Waals surface area contributed by atoms with Gasteiger partial charge in [-0.2, -0.15) is 0 Å². The number of phosphoric ester groups is 1. The lowest BCUT2D eigenvalue weighted by Gasteiger charge is -2.27. The molecule has 0 atom stereocenters. The van der Waals surface area contributed by atoms with Gasteiger partial charge in [-0.15, -0.1) is 0 Å². The van der Waals surface area contributed by atoms with E-state index < -0.39 is 7.82 Å². The van der Waals surface area contributed by atoms with Crippen molar-refractivity contribution in [3.8, 4) is 11.5 Å². The molecular weight excluding hydrogens is 633 g/mol. The molecule has 0 fully saturated rings. The third-order valence-electron chi connectivity index (χ3n) is 8.67. The smallest absolute Gasteiger partial charge is 0.508 e. The van der Waals surface area contributed by atoms with Gasteiger partial charge in [-0.1, -0.05) is 46.2 Å². The van der Waals surface area contributed by atoms with Gasteiger partial charge in [0, 0.05) is 42.5 Å². The SMILES string of the molecule is CCCCc1nc2c(N)nc3cc(C(C)(C)CCOCCCC(C)(C)NC(=O)CC)ccc3c2n1Cc1cc(O)ccc1OP(=O)(O)O. The van der Waals surface area contributed by atoms with Gasteiger partial charge in [0.1, 0.15) is 22.8 Å². The number of aromatic nitrogens is 3. The number of benzene rings is 2. The molecule has 262 valence electrons. The number of nitrogens with one attached hydrogen (secondary N) is 1. The Hall–Kier alpha value is -3.70. The number of aryl methyl sites for hydroxylation is 1. The summed E-state index contributed by atoms with van der Waals surface area (Å²) < 4.78 is 24.7. The molecular formula is C35H50N5O7P. The van der Waals surface area contributed by atoms with E-state index in [0.717, 1.165) is 54.4 Å². The van der Waals surface area contributed by atoms with Crippen molar-refractivity contribution in [2.45, 2.75) is 104 Å². The van der Waals surface area contributed by atoms with Crippen molar-refractivity contribution in [3.05, 3.63) is 53.3 Å². The van der Waals surface area contributed by atoms with E-state index in [2.05, 4.69) is 32.2 Å². The minimum Gasteiger partial charge on any atom is -0.508 e. The lowest BCUT2D eigenvalue weighted by atomic mass is 9.81. The third-order valence-corrected chi connectivity index (χ3v) is 9.10. The molecule has 0 radical (unpaired) electrons. The average molecular weight is 684 g/mol. The van der Waals surface area contributed by atoms with Crippen LogP contribution in [0.25, 0.3) is 21.9 Å². The molecule has 2 aromatic heterocycles. The van der Waals surface area contributed by atoms with Gasteiger partial charge in [0.25, 0.3) is 0 Å². The highest BCUT2D eigenvalue weighted by Crippen LogP contribution is 2.41. The van der Waals surface area contributed by atoms with Crippen LogP contribution in [0.1, 0.15) is 97.0 Å². The van der Waals surface area contributed by atoms with Gasteiger partial charge in [0.15, 0.2) is 5.82 Å². The molecule has 0 unspecified atom stereocenters. The summed E-state index contributed by atoms with van der Waals surface area (Å²) in [6.07, 6.45) is 5.38. The number of phosphoric acid groups is 1. The first-order chi connectivity index (χ1) is 22.5. The number of aromatic hydroxyl groups is 1. The zero-order valence-electron chi connectivity index (χ0n) is 28.9. The summed E-state index contributed by atoms with van der Waals surface area (Å²) in [5.41, 5.74) is 9.48. The Balaban J connectivity index is 1.60. The second kappa shape index (κ2) is 15.2. The van der Waals surface area contributed by atoms with Crippen molar-refractivity contribution in [1.82, 2.24) is 19.9 Å². The van der Waals surface area contributed by atoms with Gasteiger partial charge in [-0.05, 0) is 74.8 Å². The fraction of sp³-hybridized carbons (Fsp3) is 0.514. The van der Waals surface area contributed by atoms with Gasteiger partial charge >= 0.3 is 7.82 Å². The van der Waals surface area contributed by atoms with Crippen LogP contribution in [0, 0.1) is 0 Å². The fourth-order valence-electron chi connectivity index (χ4n) is 5.87. The van der Waals surface area contributed by atoms with Crippen LogP contribution in [0.15, 0.2) is 36.4 Å². The minimum atomic E-state index is -4.85. The van der Waals surface area contributed by atoms with E-state index in [4.69, 9.17) is 25.0 Å². The monoisotopic (exact) mass is 683 g/mol. The van der Waals surface area contributed by atoms with Crippen molar-refractivity contribution in [2.75, 3.05) is 18.9 Å². The Morgan fingerprint density at radius 3 is 2.46 bits per heavy atom. The predicted molar refractivity (Wildman–Crippen MR) is 188 cm³/mol. The van der Waals surface area contributed by atoms with E-state index in [1.807, 2.05) is 37.5 Å². The van der Waals surface area contributed by atoms with Crippen LogP contribution in [-0.2, 0) is 32.5 Å². The average Bonchev–Trinajstić information content (AvgIpc) is 3.36. The van der Waals surface area contributed by atoms with E-state index in [0.29, 0.717) is 42.7 Å². The first-order valence-electron chi connectivity index (χ1n) is 16.6. The number of rotatable bonds is 17. The van der Waals surface area contributed by atoms with Gasteiger partial charge in [-0.25, -0.2) is 14.5 Å². The molecule has 0 saturated heterocycles. The highest BCUT2D eigenvalue weighted by molar-refractivity contribution is 7.46. The van der Waals surface area contributed by atoms with Crippen LogP contribution in [-0.4, -0.2) is 54.1 Å². The lowest BCUT2D eigenvalue weighted by molar-refractivity contribution is -0.122. The number of phenolic OH excluding ortho intramolecular Hbond substituents is 1. The first kappa shape index (κ1) is 37.1. The third kappa shape index (κ3) is 9.47. The number of nitrogen functional groups attached to an aromatic ring is 1. The van der Waals surface area contributed by atoms with Crippen LogP contribution in [0.4, 0.5) is 5.82 Å². The van der Waals surface area contributed by atoms with Crippen molar-refractivity contribution in [2.24, 2.45) is 0 Å². The number of carbonyl (C=O) groups excluding carboxylic acids is 1. The maximum absolute atomic E-state index is 11.8. The van der Waals surface area contributed by atoms with Crippen molar-refractivity contribution < 1.29 is 33.5 Å². The van der Waals surface area contributed by atoms with Gasteiger partial charge < -0.3 is 30.0 Å². The number of hydrogen-bond donors (Lipinski definition) is 5. The van der Waals surface area contributed by atoms with E-state index in [9.17, 15) is 24.3 Å². The van der Waals surface area contributed by atoms with Gasteiger partial charge in [0.2, 0.25) is 5.91 Å². The summed E-state index contributed by atoms with van der Waals surface area (Å²) in [6.45, 7) is 13.6. The molecule has 0 aliphatic heterocycles. The summed E-state index contributed by atoms with van der Waals surface area (Å²) in [4.78, 5) is 40.4. The number of carbonyl (C=O) groups is 1. The van der Waals surface area contributed by atoms with Crippen LogP contribution < -0.4 is 15.6 Å². The number of hydrogen-bond acceptors (Lipinski definition) is 8. The largest absolute Gasteiger partial charge is 0.524 e. The van der Waals surface area contributed by atoms with E-state index in [1.54, 1.807) is 0 Å². The number of nitrogens with two attached hydrogens (primary N) is 1. The Labute approximate surface area is 282 Å². The highest BCUT2D eigenvalue weighted by atomic mass is 31.2. The molecule has 0 aliphatic carbocycles. The zero-order valence-corrected chi connectivity index (χ0v) is 29.8. The molecule has 2 aromatic carbocycles. The molecule has 2 heterocycles. The second-order valence-electron chi connectivity index (χ2n) is 13.7. The Morgan fingerprint density at radius 2 is 1.77 bits per heavy atom. The second-order valence-corrected chi connectivity index (χ2v) is 14.8. The van der Waals surface area contributed by atoms with Crippen molar-refractivity contribution in [3.63, 3.8) is 0 Å². The van der Waals surface area contributed by atoms with E-state index in [-0.39, 0.29) is 40.7 Å². The zero-order chi connectivity index (χ0) is 35.3. The minimum absolute atomic E-state index is 0.0333. The van der Waals surface area contributed by atoms with Gasteiger partial charge in [-0.3, -0.25) is 14.6 Å². The number of ether oxygens (including phenoxy) is 1. The maximum Gasteiger partial charge on any atom is 0.524 e. The quantitative estimate of drug-likeness (QED) is 0.0608. The topological polar surface area (TPSA) is 182 Å². The number of fused-ring (bicyclic) bond motifs is 3. The van der Waals surface area contributed by atoms with Crippen molar-refractivity contribution >= 4 is 41.5 Å². The molecule has 13 heteroatoms. The normalized spacial score (nSPS) is 12.6. The summed E-state index contributed by atoms with van der Waals surface area (Å²) in [7, 11) is -4.85. The molecule has 4 rings (SSSR count). The van der Waals surface area contributed by atoms with Crippen LogP contribution in [0.2, 0.25) is 0 Å². The number of anilines is 1. The molecule has 4 aromatic rings. The summed E-state index contributed by atoms with van der Waals surface area (Å²) in [5, 5.41) is 14.1. The fourth-order valence-corrected chi connectivity index (χ4v) is 6.30. The molecule has 48 heavy (non-hydrogen) atoms. The summed E-state index contributed by atoms with van der Waals surface area (Å²) in [5.74, 6) is 0.988. The number of imidazole rings is 1. The van der Waals surface area contributed by atoms with Crippen LogP contribution >= 0.6 is 7.82 Å². The number of unbranched alkanes of at least 4 members (excludes halogenated alkanes) is 1. The van der Waals surface area contributed by atoms with E-state index >= 15 is 0 Å². The summed E-state index contributed by atoms with van der Waals surface area (Å²) >= 11 is 0. The van der Waals surface area contributed by atoms with E-state index in [1.165, 1.54) is 18.2 Å². The number of phenols is 1. The lowest BCUT2D eigenvalue weighted by Crippen LogP contribution is -2.43. The number of pyridine rings is 1. The standard InChI is InChI=1S/C35H50N5O7P/c1-7-9-11-29-38-31-32(40(29)22-23-20-25(41)13-15-28(23)47-48(43,44)45)26-14-12-24(21-27(26)37-33(31)36)34(3,4)17-19-46-18-10-16-35(5,6)39-30(42)8-2/h12-15,20-21,41H,7-11,16-19,22H2,1-6H3,(H2,36,37)(H,39,42)(H2,43,44,45). The van der Waals surface area contributed by atoms with Gasteiger partial charge in [0.05, 0.1) is 17.6 Å². The van der Waals surface area contributed by atoms with Crippen LogP contribution in [0.3, 0.4) is 0 Å². The Bertz CT molecular complexity index is 1800.